The second-order valence-electron chi connectivity index (χ2n) is 7.32. The minimum atomic E-state index is -0.331. The van der Waals surface area contributed by atoms with Gasteiger partial charge >= 0.3 is 0 Å². The zero-order valence-corrected chi connectivity index (χ0v) is 16.6. The third-order valence-electron chi connectivity index (χ3n) is 5.18. The Balaban J connectivity index is 1.63. The summed E-state index contributed by atoms with van der Waals surface area (Å²) in [6.07, 6.45) is 21.4. The molecule has 0 radical (unpaired) electrons. The summed E-state index contributed by atoms with van der Waals surface area (Å²) in [4.78, 5) is 30.9. The zero-order valence-electron chi connectivity index (χ0n) is 16.6. The summed E-state index contributed by atoms with van der Waals surface area (Å²) >= 11 is 0. The summed E-state index contributed by atoms with van der Waals surface area (Å²) < 4.78 is 0. The smallest absolute Gasteiger partial charge is 0.227 e. The first-order chi connectivity index (χ1) is 14.6. The number of carbonyl (C=O) groups excluding carboxylic acids is 1. The molecule has 0 aliphatic carbocycles. The monoisotopic (exact) mass is 393 g/mol. The maximum absolute atomic E-state index is 12.3. The number of rotatable bonds is 2. The second-order valence-corrected chi connectivity index (χ2v) is 7.32. The van der Waals surface area contributed by atoms with Crippen LogP contribution in [0.15, 0.2) is 115 Å². The normalized spacial score (nSPS) is 21.7. The lowest BCUT2D eigenvalue weighted by atomic mass is 9.95. The number of nitrogens with zero attached hydrogens (tertiary/aromatic N) is 4. The van der Waals surface area contributed by atoms with Crippen LogP contribution in [0.5, 0.6) is 0 Å². The summed E-state index contributed by atoms with van der Waals surface area (Å²) in [6, 6.07) is 0. The van der Waals surface area contributed by atoms with Gasteiger partial charge in [-0.3, -0.25) is 4.79 Å². The number of hydrogen-bond acceptors (Lipinski definition) is 5. The Morgan fingerprint density at radius 3 is 1.73 bits per heavy atom. The summed E-state index contributed by atoms with van der Waals surface area (Å²) in [7, 11) is 1.64. The van der Waals surface area contributed by atoms with E-state index in [4.69, 9.17) is 4.99 Å². The van der Waals surface area contributed by atoms with Gasteiger partial charge in [0.25, 0.3) is 0 Å². The minimum Gasteiger partial charge on any atom is -0.359 e. The van der Waals surface area contributed by atoms with E-state index in [1.165, 1.54) is 0 Å². The first kappa shape index (κ1) is 18.1. The molecule has 0 saturated heterocycles. The van der Waals surface area contributed by atoms with Crippen LogP contribution in [0.2, 0.25) is 0 Å². The molecular weight excluding hydrogens is 374 g/mol. The average molecular weight is 393 g/mol. The van der Waals surface area contributed by atoms with E-state index in [-0.39, 0.29) is 11.8 Å². The first-order valence-corrected chi connectivity index (χ1v) is 9.77. The number of amides is 1. The van der Waals surface area contributed by atoms with Gasteiger partial charge in [-0.2, -0.15) is 0 Å². The van der Waals surface area contributed by atoms with E-state index in [0.29, 0.717) is 0 Å². The van der Waals surface area contributed by atoms with Gasteiger partial charge in [0.05, 0.1) is 51.6 Å². The molecule has 5 heterocycles. The van der Waals surface area contributed by atoms with Gasteiger partial charge in [-0.1, -0.05) is 0 Å². The van der Waals surface area contributed by atoms with Crippen molar-refractivity contribution >= 4 is 28.8 Å². The molecule has 1 N–H and O–H groups in total. The number of aliphatic imine (C=N–C) groups is 4. The van der Waals surface area contributed by atoms with Crippen molar-refractivity contribution in [1.82, 2.24) is 5.32 Å². The van der Waals surface area contributed by atoms with Gasteiger partial charge in [0, 0.05) is 7.05 Å². The molecule has 1 amide bonds. The second kappa shape index (κ2) is 7.15. The molecule has 1 unspecified atom stereocenters. The Labute approximate surface area is 174 Å². The Morgan fingerprint density at radius 2 is 1.20 bits per heavy atom. The van der Waals surface area contributed by atoms with Crippen molar-refractivity contribution in [3.8, 4) is 0 Å². The van der Waals surface area contributed by atoms with Crippen LogP contribution in [0.1, 0.15) is 6.92 Å². The van der Waals surface area contributed by atoms with Crippen LogP contribution in [0.3, 0.4) is 0 Å². The highest BCUT2D eigenvalue weighted by atomic mass is 16.1. The highest BCUT2D eigenvalue weighted by Crippen LogP contribution is 2.27. The molecule has 30 heavy (non-hydrogen) atoms. The van der Waals surface area contributed by atoms with Crippen LogP contribution in [0.25, 0.3) is 0 Å². The van der Waals surface area contributed by atoms with Crippen molar-refractivity contribution in [3.63, 3.8) is 0 Å². The van der Waals surface area contributed by atoms with Gasteiger partial charge in [-0.15, -0.1) is 0 Å². The number of allylic oxidation sites excluding steroid dienone is 11. The Morgan fingerprint density at radius 1 is 0.700 bits per heavy atom. The molecule has 0 aromatic heterocycles. The van der Waals surface area contributed by atoms with Crippen LogP contribution in [0, 0.1) is 5.92 Å². The summed E-state index contributed by atoms with van der Waals surface area (Å²) in [5.74, 6) is -0.387. The lowest BCUT2D eigenvalue weighted by Gasteiger charge is -2.11. The molecule has 8 bridgehead atoms. The number of hydrogen-bond donors (Lipinski definition) is 1. The van der Waals surface area contributed by atoms with Gasteiger partial charge < -0.3 is 5.32 Å². The highest BCUT2D eigenvalue weighted by Gasteiger charge is 2.25. The standard InChI is InChI=1S/C24H19N5O/c1-14(24(30)25-2)22-12-21-11-19-6-5-17(27-19)9-15-3-4-16(26-15)10-18-7-8-20(28-18)13-23(22)29-21/h3-14H,1-2H3,(H,25,30). The summed E-state index contributed by atoms with van der Waals surface area (Å²) in [6.45, 7) is 1.88. The molecule has 1 atom stereocenters. The van der Waals surface area contributed by atoms with E-state index >= 15 is 0 Å². The minimum absolute atomic E-state index is 0.0554. The Kier molecular flexibility index (Phi) is 4.32. The fourth-order valence-corrected chi connectivity index (χ4v) is 3.62. The molecule has 146 valence electrons. The van der Waals surface area contributed by atoms with Gasteiger partial charge in [-0.05, 0) is 79.3 Å². The Hall–Kier alpha value is -3.93. The SMILES string of the molecule is CNC(=O)C(C)C1=CC2=CC3=NC(=CC4=NC(=CC5=NC(=CC1=N2)C=C5)C=C4)C=C3. The van der Waals surface area contributed by atoms with Crippen molar-refractivity contribution < 1.29 is 4.79 Å². The molecule has 0 saturated carbocycles. The molecule has 6 nitrogen and oxygen atoms in total. The fraction of sp³-hybridized carbons (Fsp3) is 0.125. The van der Waals surface area contributed by atoms with Gasteiger partial charge in [0.2, 0.25) is 5.91 Å². The predicted molar refractivity (Wildman–Crippen MR) is 121 cm³/mol. The molecule has 0 aromatic rings. The fourth-order valence-electron chi connectivity index (χ4n) is 3.62. The molecule has 0 fully saturated rings. The van der Waals surface area contributed by atoms with Gasteiger partial charge in [0.1, 0.15) is 0 Å². The van der Waals surface area contributed by atoms with E-state index in [0.717, 1.165) is 51.2 Å². The van der Waals surface area contributed by atoms with Crippen LogP contribution in [-0.2, 0) is 4.79 Å². The molecule has 5 rings (SSSR count). The largest absolute Gasteiger partial charge is 0.359 e. The topological polar surface area (TPSA) is 78.5 Å². The molecule has 0 spiro atoms. The van der Waals surface area contributed by atoms with E-state index in [9.17, 15) is 4.79 Å². The van der Waals surface area contributed by atoms with Crippen molar-refractivity contribution in [3.05, 3.63) is 95.2 Å². The zero-order chi connectivity index (χ0) is 20.7. The lowest BCUT2D eigenvalue weighted by Crippen LogP contribution is -2.28. The molecule has 5 aliphatic rings. The summed E-state index contributed by atoms with van der Waals surface area (Å²) in [5, 5.41) is 2.72. The first-order valence-electron chi connectivity index (χ1n) is 9.77. The predicted octanol–water partition coefficient (Wildman–Crippen LogP) is 3.33. The number of nitrogens with one attached hydrogen (secondary N) is 1. The van der Waals surface area contributed by atoms with E-state index in [2.05, 4.69) is 20.3 Å². The third-order valence-corrected chi connectivity index (χ3v) is 5.18. The third kappa shape index (κ3) is 3.43. The van der Waals surface area contributed by atoms with E-state index in [1.807, 2.05) is 73.8 Å². The molecule has 0 aromatic carbocycles. The van der Waals surface area contributed by atoms with Gasteiger partial charge in [-0.25, -0.2) is 20.0 Å². The van der Waals surface area contributed by atoms with Crippen molar-refractivity contribution in [2.45, 2.75) is 6.92 Å². The quantitative estimate of drug-likeness (QED) is 0.767. The number of fused-ring (bicyclic) bond motifs is 4. The lowest BCUT2D eigenvalue weighted by molar-refractivity contribution is -0.122. The van der Waals surface area contributed by atoms with Crippen LogP contribution >= 0.6 is 0 Å². The van der Waals surface area contributed by atoms with Crippen LogP contribution in [0.4, 0.5) is 0 Å². The van der Waals surface area contributed by atoms with Crippen molar-refractivity contribution in [1.29, 1.82) is 0 Å². The van der Waals surface area contributed by atoms with Gasteiger partial charge in [0.15, 0.2) is 0 Å². The maximum atomic E-state index is 12.3. The summed E-state index contributed by atoms with van der Waals surface area (Å²) in [5.41, 5.74) is 7.32. The molecular formula is C24H19N5O. The van der Waals surface area contributed by atoms with Crippen LogP contribution < -0.4 is 5.32 Å². The van der Waals surface area contributed by atoms with Crippen LogP contribution in [-0.4, -0.2) is 35.8 Å². The van der Waals surface area contributed by atoms with E-state index in [1.54, 1.807) is 7.05 Å². The van der Waals surface area contributed by atoms with E-state index < -0.39 is 0 Å². The molecule has 6 heteroatoms. The van der Waals surface area contributed by atoms with Crippen molar-refractivity contribution in [2.75, 3.05) is 7.05 Å². The number of carbonyl (C=O) groups is 1. The average Bonchev–Trinajstić information content (AvgIpc) is 3.51. The Bertz CT molecular complexity index is 1240. The highest BCUT2D eigenvalue weighted by molar-refractivity contribution is 6.17. The van der Waals surface area contributed by atoms with Crippen molar-refractivity contribution in [2.24, 2.45) is 25.9 Å². The molecule has 5 aliphatic heterocycles. The maximum Gasteiger partial charge on any atom is 0.227 e.